The minimum Gasteiger partial charge on any atom is -0.507 e. The van der Waals surface area contributed by atoms with Crippen LogP contribution in [0.3, 0.4) is 0 Å². The molecule has 0 aliphatic heterocycles. The molecule has 0 aliphatic carbocycles. The normalized spacial score (nSPS) is 10.7. The van der Waals surface area contributed by atoms with Crippen LogP contribution >= 0.6 is 23.1 Å². The number of anilines is 1. The van der Waals surface area contributed by atoms with Gasteiger partial charge in [-0.25, -0.2) is 4.98 Å². The van der Waals surface area contributed by atoms with Gasteiger partial charge in [0.25, 0.3) is 0 Å². The van der Waals surface area contributed by atoms with Crippen LogP contribution in [0.1, 0.15) is 11.9 Å². The zero-order valence-corrected chi connectivity index (χ0v) is 14.3. The molecular weight excluding hydrogens is 348 g/mol. The fourth-order valence-electron chi connectivity index (χ4n) is 1.84. The Morgan fingerprint density at radius 2 is 2.21 bits per heavy atom. The van der Waals surface area contributed by atoms with E-state index < -0.39 is 0 Å². The van der Waals surface area contributed by atoms with Crippen LogP contribution in [0, 0.1) is 0 Å². The number of carbonyl (C=O) groups excluding carboxylic acids is 1. The molecule has 1 aromatic carbocycles. The predicted octanol–water partition coefficient (Wildman–Crippen LogP) is 2.32. The van der Waals surface area contributed by atoms with Crippen molar-refractivity contribution >= 4 is 34.1 Å². The number of aromatic amines is 1. The van der Waals surface area contributed by atoms with Crippen LogP contribution in [0.2, 0.25) is 0 Å². The van der Waals surface area contributed by atoms with Crippen molar-refractivity contribution in [2.45, 2.75) is 18.5 Å². The summed E-state index contributed by atoms with van der Waals surface area (Å²) in [4.78, 5) is 16.2. The summed E-state index contributed by atoms with van der Waals surface area (Å²) in [6, 6.07) is 6.83. The van der Waals surface area contributed by atoms with Gasteiger partial charge in [-0.3, -0.25) is 15.2 Å². The summed E-state index contributed by atoms with van der Waals surface area (Å²) in [5.74, 6) is 0.519. The third-order valence-electron chi connectivity index (χ3n) is 2.97. The van der Waals surface area contributed by atoms with Gasteiger partial charge in [0, 0.05) is 0 Å². The Morgan fingerprint density at radius 3 is 2.96 bits per heavy atom. The first-order valence-corrected chi connectivity index (χ1v) is 8.91. The van der Waals surface area contributed by atoms with Gasteiger partial charge in [0.1, 0.15) is 10.8 Å². The Morgan fingerprint density at radius 1 is 1.38 bits per heavy atom. The first-order valence-electron chi connectivity index (χ1n) is 7.11. The Bertz CT molecular complexity index is 847. The molecule has 0 atom stereocenters. The van der Waals surface area contributed by atoms with Crippen LogP contribution < -0.4 is 5.32 Å². The minimum absolute atomic E-state index is 0.117. The third-order valence-corrected chi connectivity index (χ3v) is 4.80. The molecule has 124 valence electrons. The Balaban J connectivity index is 1.57. The fourth-order valence-corrected chi connectivity index (χ4v) is 3.13. The first kappa shape index (κ1) is 16.4. The molecule has 3 aromatic rings. The molecule has 3 N–H and O–H groups in total. The van der Waals surface area contributed by atoms with E-state index in [9.17, 15) is 9.90 Å². The van der Waals surface area contributed by atoms with Gasteiger partial charge in [0.05, 0.1) is 11.3 Å². The molecule has 0 unspecified atom stereocenters. The van der Waals surface area contributed by atoms with Crippen LogP contribution in [0.15, 0.2) is 29.4 Å². The lowest BCUT2D eigenvalue weighted by Crippen LogP contribution is -2.13. The molecule has 0 fully saturated rings. The van der Waals surface area contributed by atoms with E-state index in [1.54, 1.807) is 24.3 Å². The van der Waals surface area contributed by atoms with Crippen LogP contribution in [0.25, 0.3) is 11.4 Å². The average Bonchev–Trinajstić information content (AvgIpc) is 3.22. The van der Waals surface area contributed by atoms with Gasteiger partial charge in [-0.1, -0.05) is 42.2 Å². The molecule has 10 heteroatoms. The minimum atomic E-state index is -0.201. The van der Waals surface area contributed by atoms with Crippen molar-refractivity contribution in [1.29, 1.82) is 0 Å². The van der Waals surface area contributed by atoms with Gasteiger partial charge in [0.2, 0.25) is 16.2 Å². The van der Waals surface area contributed by atoms with Crippen LogP contribution in [-0.2, 0) is 11.2 Å². The Hall–Kier alpha value is -2.46. The highest BCUT2D eigenvalue weighted by Crippen LogP contribution is 2.27. The molecule has 3 rings (SSSR count). The van der Waals surface area contributed by atoms with Crippen molar-refractivity contribution in [3.63, 3.8) is 0 Å². The monoisotopic (exact) mass is 362 g/mol. The molecule has 0 saturated carbocycles. The second-order valence-electron chi connectivity index (χ2n) is 4.68. The molecule has 0 spiro atoms. The summed E-state index contributed by atoms with van der Waals surface area (Å²) < 4.78 is 0. The number of aromatic hydroxyl groups is 1. The first-order chi connectivity index (χ1) is 11.7. The van der Waals surface area contributed by atoms with Gasteiger partial charge in [0.15, 0.2) is 5.82 Å². The Labute approximate surface area is 145 Å². The maximum Gasteiger partial charge on any atom is 0.236 e. The summed E-state index contributed by atoms with van der Waals surface area (Å²) in [7, 11) is 0. The van der Waals surface area contributed by atoms with E-state index in [0.717, 1.165) is 11.4 Å². The molecule has 2 aromatic heterocycles. The predicted molar refractivity (Wildman–Crippen MR) is 92.1 cm³/mol. The van der Waals surface area contributed by atoms with E-state index >= 15 is 0 Å². The van der Waals surface area contributed by atoms with Crippen molar-refractivity contribution in [2.24, 2.45) is 0 Å². The lowest BCUT2D eigenvalue weighted by molar-refractivity contribution is -0.113. The zero-order chi connectivity index (χ0) is 16.9. The van der Waals surface area contributed by atoms with E-state index in [0.29, 0.717) is 21.7 Å². The Kier molecular flexibility index (Phi) is 5.06. The number of benzene rings is 1. The highest BCUT2D eigenvalue weighted by atomic mass is 32.2. The van der Waals surface area contributed by atoms with Crippen LogP contribution in [-0.4, -0.2) is 42.1 Å². The number of H-pyrrole nitrogens is 1. The molecule has 2 heterocycles. The molecule has 1 amide bonds. The quantitative estimate of drug-likeness (QED) is 0.576. The standard InChI is InChI=1S/C14H14N6O2S2/c1-2-11-17-20-14(24-11)15-10(22)7-23-13-16-12(18-19-13)8-5-3-4-6-9(8)21/h3-6,21H,2,7H2,1H3,(H,15,20,22)(H,16,18,19). The lowest BCUT2D eigenvalue weighted by atomic mass is 10.2. The molecule has 0 radical (unpaired) electrons. The number of phenolic OH excluding ortho intramolecular Hbond substituents is 1. The fraction of sp³-hybridized carbons (Fsp3) is 0.214. The van der Waals surface area contributed by atoms with Gasteiger partial charge in [-0.2, -0.15) is 0 Å². The number of nitrogens with zero attached hydrogens (tertiary/aromatic N) is 4. The molecule has 24 heavy (non-hydrogen) atoms. The summed E-state index contributed by atoms with van der Waals surface area (Å²) in [6.07, 6.45) is 0.786. The van der Waals surface area contributed by atoms with Crippen molar-refractivity contribution in [1.82, 2.24) is 25.4 Å². The van der Waals surface area contributed by atoms with Gasteiger partial charge in [-0.15, -0.1) is 15.3 Å². The number of aromatic nitrogens is 5. The van der Waals surface area contributed by atoms with E-state index in [1.807, 2.05) is 6.92 Å². The number of phenols is 1. The topological polar surface area (TPSA) is 117 Å². The van der Waals surface area contributed by atoms with Crippen molar-refractivity contribution in [3.05, 3.63) is 29.3 Å². The van der Waals surface area contributed by atoms with E-state index in [2.05, 4.69) is 30.7 Å². The SMILES string of the molecule is CCc1nnc(NC(=O)CSc2n[nH]c(-c3ccccc3O)n2)s1. The number of aryl methyl sites for hydroxylation is 1. The average molecular weight is 362 g/mol. The van der Waals surface area contributed by atoms with Crippen LogP contribution in [0.4, 0.5) is 5.13 Å². The summed E-state index contributed by atoms with van der Waals surface area (Å²) in [5.41, 5.74) is 0.558. The highest BCUT2D eigenvalue weighted by Gasteiger charge is 2.12. The molecule has 0 bridgehead atoms. The van der Waals surface area contributed by atoms with Gasteiger partial charge < -0.3 is 5.11 Å². The number of carbonyl (C=O) groups is 1. The van der Waals surface area contributed by atoms with Crippen LogP contribution in [0.5, 0.6) is 5.75 Å². The summed E-state index contributed by atoms with van der Waals surface area (Å²) >= 11 is 2.55. The number of hydrogen-bond acceptors (Lipinski definition) is 8. The molecule has 0 aliphatic rings. The summed E-state index contributed by atoms with van der Waals surface area (Å²) in [5, 5.41) is 28.9. The second-order valence-corrected chi connectivity index (χ2v) is 6.68. The number of amides is 1. The van der Waals surface area contributed by atoms with Gasteiger partial charge >= 0.3 is 0 Å². The number of para-hydroxylation sites is 1. The van der Waals surface area contributed by atoms with Crippen molar-refractivity contribution in [3.8, 4) is 17.1 Å². The van der Waals surface area contributed by atoms with Gasteiger partial charge in [-0.05, 0) is 18.6 Å². The zero-order valence-electron chi connectivity index (χ0n) is 12.7. The van der Waals surface area contributed by atoms with E-state index in [-0.39, 0.29) is 17.4 Å². The molecule has 8 nitrogen and oxygen atoms in total. The largest absolute Gasteiger partial charge is 0.507 e. The number of hydrogen-bond donors (Lipinski definition) is 3. The second kappa shape index (κ2) is 7.41. The number of thioether (sulfide) groups is 1. The number of rotatable bonds is 6. The van der Waals surface area contributed by atoms with Crippen molar-refractivity contribution in [2.75, 3.05) is 11.1 Å². The lowest BCUT2D eigenvalue weighted by Gasteiger charge is -1.99. The van der Waals surface area contributed by atoms with E-state index in [1.165, 1.54) is 23.1 Å². The molecular formula is C14H14N6O2S2. The highest BCUT2D eigenvalue weighted by molar-refractivity contribution is 7.99. The third kappa shape index (κ3) is 3.89. The maximum absolute atomic E-state index is 11.9. The molecule has 0 saturated heterocycles. The summed E-state index contributed by atoms with van der Waals surface area (Å²) in [6.45, 7) is 1.98. The smallest absolute Gasteiger partial charge is 0.236 e. The number of nitrogens with one attached hydrogen (secondary N) is 2. The van der Waals surface area contributed by atoms with E-state index in [4.69, 9.17) is 0 Å². The maximum atomic E-state index is 11.9. The van der Waals surface area contributed by atoms with Crippen molar-refractivity contribution < 1.29 is 9.90 Å².